The van der Waals surface area contributed by atoms with Crippen molar-refractivity contribution in [2.45, 2.75) is 13.3 Å². The predicted octanol–water partition coefficient (Wildman–Crippen LogP) is 3.44. The minimum absolute atomic E-state index is 0.845. The summed E-state index contributed by atoms with van der Waals surface area (Å²) in [7, 11) is 0. The number of H-pyrrole nitrogens is 1. The third kappa shape index (κ3) is 2.34. The summed E-state index contributed by atoms with van der Waals surface area (Å²) in [6.45, 7) is 5.63. The molecule has 2 nitrogen and oxygen atoms in total. The molecule has 0 spiro atoms. The van der Waals surface area contributed by atoms with Crippen molar-refractivity contribution in [2.75, 3.05) is 0 Å². The maximum Gasteiger partial charge on any atom is 0.130 e. The number of benzene rings is 1. The smallest absolute Gasteiger partial charge is 0.130 e. The molecule has 2 aromatic rings. The fourth-order valence-corrected chi connectivity index (χ4v) is 1.73. The highest BCUT2D eigenvalue weighted by Gasteiger charge is 2.04. The van der Waals surface area contributed by atoms with Crippen molar-refractivity contribution in [3.05, 3.63) is 66.2 Å². The summed E-state index contributed by atoms with van der Waals surface area (Å²) in [6, 6.07) is 12.2. The number of ether oxygens (including phenoxy) is 1. The highest BCUT2D eigenvalue weighted by molar-refractivity contribution is 5.37. The van der Waals surface area contributed by atoms with E-state index in [2.05, 4.69) is 36.7 Å². The molecule has 1 N–H and O–H groups in total. The summed E-state index contributed by atoms with van der Waals surface area (Å²) in [5.74, 6) is 0.866. The molecule has 0 aliphatic rings. The molecule has 1 aromatic carbocycles. The van der Waals surface area contributed by atoms with Crippen LogP contribution < -0.4 is 4.74 Å². The SMILES string of the molecule is C=COc1ccccc1Cc1ccc(C)[nH]1. The Balaban J connectivity index is 2.23. The van der Waals surface area contributed by atoms with E-state index in [-0.39, 0.29) is 0 Å². The standard InChI is InChI=1S/C14H15NO/c1-3-16-14-7-5-4-6-12(14)10-13-9-8-11(2)15-13/h3-9,15H,1,10H2,2H3. The first-order valence-corrected chi connectivity index (χ1v) is 5.29. The van der Waals surface area contributed by atoms with Gasteiger partial charge in [-0.25, -0.2) is 0 Å². The lowest BCUT2D eigenvalue weighted by molar-refractivity contribution is 0.478. The Kier molecular flexibility index (Phi) is 3.10. The van der Waals surface area contributed by atoms with Crippen molar-refractivity contribution in [3.8, 4) is 5.75 Å². The first-order chi connectivity index (χ1) is 7.79. The Morgan fingerprint density at radius 1 is 1.25 bits per heavy atom. The Morgan fingerprint density at radius 3 is 2.75 bits per heavy atom. The lowest BCUT2D eigenvalue weighted by atomic mass is 10.1. The molecule has 0 unspecified atom stereocenters. The molecule has 82 valence electrons. The van der Waals surface area contributed by atoms with Crippen LogP contribution in [0.1, 0.15) is 17.0 Å². The average molecular weight is 213 g/mol. The Labute approximate surface area is 95.6 Å². The van der Waals surface area contributed by atoms with Gasteiger partial charge in [-0.1, -0.05) is 24.8 Å². The van der Waals surface area contributed by atoms with E-state index in [0.29, 0.717) is 0 Å². The van der Waals surface area contributed by atoms with Crippen LogP contribution in [0.4, 0.5) is 0 Å². The Bertz CT molecular complexity index is 485. The molecule has 0 atom stereocenters. The molecule has 16 heavy (non-hydrogen) atoms. The van der Waals surface area contributed by atoms with E-state index in [4.69, 9.17) is 4.74 Å². The van der Waals surface area contributed by atoms with Gasteiger partial charge in [0.25, 0.3) is 0 Å². The topological polar surface area (TPSA) is 25.0 Å². The molecule has 2 rings (SSSR count). The first-order valence-electron chi connectivity index (χ1n) is 5.29. The first kappa shape index (κ1) is 10.6. The van der Waals surface area contributed by atoms with Crippen LogP contribution in [0.25, 0.3) is 0 Å². The maximum atomic E-state index is 5.37. The molecule has 0 saturated heterocycles. The number of aryl methyl sites for hydroxylation is 1. The second-order valence-corrected chi connectivity index (χ2v) is 3.74. The number of aromatic nitrogens is 1. The number of para-hydroxylation sites is 1. The fraction of sp³-hybridized carbons (Fsp3) is 0.143. The number of rotatable bonds is 4. The summed E-state index contributed by atoms with van der Waals surface area (Å²) in [6.07, 6.45) is 2.30. The van der Waals surface area contributed by atoms with Gasteiger partial charge in [-0.3, -0.25) is 0 Å². The average Bonchev–Trinajstić information content (AvgIpc) is 2.67. The van der Waals surface area contributed by atoms with Gasteiger partial charge in [0, 0.05) is 23.4 Å². The minimum Gasteiger partial charge on any atom is -0.465 e. The molecule has 0 bridgehead atoms. The number of hydrogen-bond donors (Lipinski definition) is 1. The Morgan fingerprint density at radius 2 is 2.06 bits per heavy atom. The van der Waals surface area contributed by atoms with E-state index in [1.54, 1.807) is 0 Å². The van der Waals surface area contributed by atoms with Gasteiger partial charge in [-0.15, -0.1) is 0 Å². The molecule has 0 saturated carbocycles. The van der Waals surface area contributed by atoms with E-state index in [9.17, 15) is 0 Å². The summed E-state index contributed by atoms with van der Waals surface area (Å²) < 4.78 is 5.37. The number of hydrogen-bond acceptors (Lipinski definition) is 1. The predicted molar refractivity (Wildman–Crippen MR) is 65.6 cm³/mol. The summed E-state index contributed by atoms with van der Waals surface area (Å²) in [5.41, 5.74) is 3.53. The largest absolute Gasteiger partial charge is 0.465 e. The number of aromatic amines is 1. The zero-order valence-electron chi connectivity index (χ0n) is 9.36. The molecule has 1 heterocycles. The van der Waals surface area contributed by atoms with Crippen molar-refractivity contribution in [3.63, 3.8) is 0 Å². The van der Waals surface area contributed by atoms with Crippen molar-refractivity contribution in [2.24, 2.45) is 0 Å². The molecule has 0 aliphatic heterocycles. The van der Waals surface area contributed by atoms with Crippen LogP contribution in [0.5, 0.6) is 5.75 Å². The Hall–Kier alpha value is -1.96. The zero-order chi connectivity index (χ0) is 11.4. The van der Waals surface area contributed by atoms with Gasteiger partial charge < -0.3 is 9.72 Å². The van der Waals surface area contributed by atoms with E-state index in [1.165, 1.54) is 17.6 Å². The van der Waals surface area contributed by atoms with Gasteiger partial charge in [0.1, 0.15) is 5.75 Å². The molecular formula is C14H15NO. The second-order valence-electron chi connectivity index (χ2n) is 3.74. The third-order valence-electron chi connectivity index (χ3n) is 2.46. The molecule has 0 fully saturated rings. The van der Waals surface area contributed by atoms with Crippen molar-refractivity contribution in [1.29, 1.82) is 0 Å². The minimum atomic E-state index is 0.845. The summed E-state index contributed by atoms with van der Waals surface area (Å²) in [4.78, 5) is 3.31. The van der Waals surface area contributed by atoms with E-state index in [0.717, 1.165) is 17.7 Å². The molecule has 0 amide bonds. The lowest BCUT2D eigenvalue weighted by Crippen LogP contribution is -1.93. The highest BCUT2D eigenvalue weighted by Crippen LogP contribution is 2.21. The van der Waals surface area contributed by atoms with Gasteiger partial charge in [0.2, 0.25) is 0 Å². The van der Waals surface area contributed by atoms with Crippen LogP contribution in [0.3, 0.4) is 0 Å². The molecule has 0 aliphatic carbocycles. The van der Waals surface area contributed by atoms with Crippen molar-refractivity contribution < 1.29 is 4.74 Å². The maximum absolute atomic E-state index is 5.37. The molecule has 1 aromatic heterocycles. The van der Waals surface area contributed by atoms with E-state index >= 15 is 0 Å². The van der Waals surface area contributed by atoms with Crippen LogP contribution in [-0.2, 0) is 6.42 Å². The molecule has 0 radical (unpaired) electrons. The van der Waals surface area contributed by atoms with Crippen molar-refractivity contribution in [1.82, 2.24) is 4.98 Å². The van der Waals surface area contributed by atoms with E-state index < -0.39 is 0 Å². The van der Waals surface area contributed by atoms with E-state index in [1.807, 2.05) is 18.2 Å². The molecule has 2 heteroatoms. The monoisotopic (exact) mass is 213 g/mol. The number of nitrogens with one attached hydrogen (secondary N) is 1. The van der Waals surface area contributed by atoms with Gasteiger partial charge in [0.15, 0.2) is 0 Å². The third-order valence-corrected chi connectivity index (χ3v) is 2.46. The van der Waals surface area contributed by atoms with Crippen LogP contribution in [0.15, 0.2) is 49.2 Å². The normalized spacial score (nSPS) is 10.1. The van der Waals surface area contributed by atoms with Gasteiger partial charge in [0.05, 0.1) is 6.26 Å². The zero-order valence-corrected chi connectivity index (χ0v) is 9.36. The van der Waals surface area contributed by atoms with Crippen LogP contribution in [0.2, 0.25) is 0 Å². The van der Waals surface area contributed by atoms with Crippen LogP contribution >= 0.6 is 0 Å². The van der Waals surface area contributed by atoms with Gasteiger partial charge >= 0.3 is 0 Å². The summed E-state index contributed by atoms with van der Waals surface area (Å²) >= 11 is 0. The van der Waals surface area contributed by atoms with Crippen LogP contribution in [-0.4, -0.2) is 4.98 Å². The van der Waals surface area contributed by atoms with Gasteiger partial charge in [-0.05, 0) is 25.1 Å². The molecular weight excluding hydrogens is 198 g/mol. The van der Waals surface area contributed by atoms with Crippen LogP contribution in [0, 0.1) is 6.92 Å². The summed E-state index contributed by atoms with van der Waals surface area (Å²) in [5, 5.41) is 0. The van der Waals surface area contributed by atoms with Crippen molar-refractivity contribution >= 4 is 0 Å². The quantitative estimate of drug-likeness (QED) is 0.773. The highest BCUT2D eigenvalue weighted by atomic mass is 16.5. The van der Waals surface area contributed by atoms with Gasteiger partial charge in [-0.2, -0.15) is 0 Å². The lowest BCUT2D eigenvalue weighted by Gasteiger charge is -2.06. The second kappa shape index (κ2) is 4.71. The fourth-order valence-electron chi connectivity index (χ4n) is 1.73.